The van der Waals surface area contributed by atoms with Crippen molar-refractivity contribution in [1.82, 2.24) is 45.7 Å². The monoisotopic (exact) mass is 1090 g/mol. The molecule has 0 radical (unpaired) electrons. The van der Waals surface area contributed by atoms with Crippen molar-refractivity contribution in [3.05, 3.63) is 101 Å². The van der Waals surface area contributed by atoms with Gasteiger partial charge in [0.2, 0.25) is 35.5 Å². The van der Waals surface area contributed by atoms with Crippen LogP contribution in [0.15, 0.2) is 72.4 Å². The number of aryl methyl sites for hydroxylation is 1. The molecule has 0 aliphatic carbocycles. The number of likely N-dealkylation sites (N-methyl/N-ethyl adjacent to an activating group) is 1. The Morgan fingerprint density at radius 3 is 2.45 bits per heavy atom. The highest BCUT2D eigenvalue weighted by molar-refractivity contribution is 7.13. The lowest BCUT2D eigenvalue weighted by atomic mass is 9.85. The molecule has 78 heavy (non-hydrogen) atoms. The number of likely N-dealkylation sites (tertiary alicyclic amines) is 1. The van der Waals surface area contributed by atoms with E-state index in [0.717, 1.165) is 27.3 Å². The predicted molar refractivity (Wildman–Crippen MR) is 290 cm³/mol. The molecule has 1 saturated heterocycles. The number of carbonyl (C=O) groups excluding carboxylic acids is 6. The first-order chi connectivity index (χ1) is 37.3. The normalized spacial score (nSPS) is 15.4. The van der Waals surface area contributed by atoms with Crippen LogP contribution in [0.25, 0.3) is 21.5 Å². The molecule has 2 aliphatic heterocycles. The van der Waals surface area contributed by atoms with Crippen LogP contribution in [0.4, 0.5) is 33.2 Å². The number of nitrogens with one attached hydrogen (secondary N) is 6. The Kier molecular flexibility index (Phi) is 17.6. The molecular weight excluding hydrogens is 1030 g/mol. The van der Waals surface area contributed by atoms with Crippen molar-refractivity contribution in [3.63, 3.8) is 0 Å². The van der Waals surface area contributed by atoms with Crippen LogP contribution < -0.4 is 36.2 Å². The molecule has 5 heterocycles. The third-order valence-corrected chi connectivity index (χ3v) is 14.3. The molecule has 6 amide bonds. The van der Waals surface area contributed by atoms with Gasteiger partial charge in [-0.3, -0.25) is 28.8 Å². The summed E-state index contributed by atoms with van der Waals surface area (Å²) in [4.78, 5) is 102. The minimum absolute atomic E-state index is 0.0465. The third-order valence-electron chi connectivity index (χ3n) is 13.3. The second-order valence-corrected chi connectivity index (χ2v) is 20.8. The molecule has 6 aromatic rings. The lowest BCUT2D eigenvalue weighted by molar-refractivity contribution is -0.144. The van der Waals surface area contributed by atoms with Crippen molar-refractivity contribution in [2.45, 2.75) is 65.3 Å². The summed E-state index contributed by atoms with van der Waals surface area (Å²) in [6, 6.07) is 15.3. The zero-order chi connectivity index (χ0) is 55.8. The molecule has 0 saturated carbocycles. The number of nitrogens with zero attached hydrogens (tertiary/aromatic N) is 6. The number of amides is 6. The Hall–Kier alpha value is -8.06. The maximum atomic E-state index is 14.8. The summed E-state index contributed by atoms with van der Waals surface area (Å²) >= 11 is 1.55. The number of aromatic amines is 1. The lowest BCUT2D eigenvalue weighted by Gasteiger charge is -2.35. The van der Waals surface area contributed by atoms with E-state index in [1.54, 1.807) is 66.9 Å². The number of hydrogen-bond acceptors (Lipinski definition) is 16. The first-order valence-electron chi connectivity index (χ1n) is 25.2. The van der Waals surface area contributed by atoms with Gasteiger partial charge in [0.1, 0.15) is 48.3 Å². The number of carbonyl (C=O) groups is 6. The number of fused-ring (bicyclic) bond motifs is 2. The molecule has 8 rings (SSSR count). The molecule has 3 aromatic heterocycles. The molecule has 3 aromatic carbocycles. The van der Waals surface area contributed by atoms with Crippen molar-refractivity contribution < 1.29 is 52.5 Å². The Morgan fingerprint density at radius 1 is 0.987 bits per heavy atom. The minimum Gasteiger partial charge on any atom is -0.495 e. The first kappa shape index (κ1) is 56.2. The van der Waals surface area contributed by atoms with Crippen molar-refractivity contribution in [2.24, 2.45) is 5.41 Å². The summed E-state index contributed by atoms with van der Waals surface area (Å²) < 4.78 is 31.6. The molecule has 22 nitrogen and oxygen atoms in total. The number of β-amino-alcohol motifs (C(OH)–C–C–N with tert-alkyl or cyclic N) is 1. The number of anilines is 5. The van der Waals surface area contributed by atoms with Gasteiger partial charge < -0.3 is 65.6 Å². The first-order valence-corrected chi connectivity index (χ1v) is 26.1. The van der Waals surface area contributed by atoms with Gasteiger partial charge in [0.15, 0.2) is 0 Å². The molecule has 412 valence electrons. The highest BCUT2D eigenvalue weighted by Gasteiger charge is 2.44. The number of thiazole rings is 1. The lowest BCUT2D eigenvalue weighted by Crippen LogP contribution is -2.58. The highest BCUT2D eigenvalue weighted by atomic mass is 32.1. The average Bonchev–Trinajstić information content (AvgIpc) is 4.25. The number of aromatic nitrogens is 4. The predicted octanol–water partition coefficient (Wildman–Crippen LogP) is 4.57. The van der Waals surface area contributed by atoms with E-state index in [1.165, 1.54) is 43.1 Å². The number of rotatable bonds is 21. The van der Waals surface area contributed by atoms with Gasteiger partial charge in [-0.25, -0.2) is 9.37 Å². The zero-order valence-electron chi connectivity index (χ0n) is 44.3. The van der Waals surface area contributed by atoms with Crippen molar-refractivity contribution in [1.29, 1.82) is 0 Å². The number of H-pyrrole nitrogens is 1. The van der Waals surface area contributed by atoms with Crippen LogP contribution >= 0.6 is 11.3 Å². The topological polar surface area (TPSA) is 275 Å². The minimum atomic E-state index is -1.06. The maximum Gasteiger partial charge on any atom is 0.256 e. The smallest absolute Gasteiger partial charge is 0.256 e. The standard InChI is InChI=1S/C54H63FN12O10S/c1-30-46(78-29-59-30)32-13-11-31(12-14-32)24-58-50(72)40-22-34(68)25-67(40)52(74)47(54(2,3)4)62-42(69)27-76-19-20-77-28-44(71)65(6)26-43(70)66-18-16-33-21-41(75-7)38(23-39(33)66)61-53-63-48-35(15-17-57-48)49(64-53)60-37-10-8-9-36(55)45(37)51(73)56-5/h8-15,17,21,23,29,34,40,47,68H,16,18-20,22,24-28H2,1-7H3,(H,56,73)(H,58,72)(H,62,69)(H3,57,60,61,63,64)/t34-,40+,47-/m1/s1. The molecule has 3 atom stereocenters. The van der Waals surface area contributed by atoms with E-state index in [1.807, 2.05) is 37.3 Å². The summed E-state index contributed by atoms with van der Waals surface area (Å²) in [5.74, 6) is -2.83. The second-order valence-electron chi connectivity index (χ2n) is 19.9. The van der Waals surface area contributed by atoms with Crippen LogP contribution in [-0.2, 0) is 46.4 Å². The average molecular weight is 1090 g/mol. The SMILES string of the molecule is CNC(=O)c1c(F)cccc1Nc1nc(Nc2cc3c(cc2OC)CCN3C(=O)CN(C)C(=O)COCCOCC(=O)N[C@H](C(=O)N2C[C@H](O)C[C@H]2C(=O)NCc2ccc(-c3scnc3C)cc2)C(C)(C)C)nc2[nH]ccc12. The number of aliphatic hydroxyl groups is 1. The van der Waals surface area contributed by atoms with E-state index >= 15 is 0 Å². The van der Waals surface area contributed by atoms with E-state index in [9.17, 15) is 38.3 Å². The van der Waals surface area contributed by atoms with E-state index < -0.39 is 65.6 Å². The Bertz CT molecular complexity index is 3200. The quantitative estimate of drug-likeness (QED) is 0.0487. The Balaban J connectivity index is 0.793. The van der Waals surface area contributed by atoms with Crippen molar-refractivity contribution in [2.75, 3.05) is 82.8 Å². The van der Waals surface area contributed by atoms with Gasteiger partial charge >= 0.3 is 0 Å². The van der Waals surface area contributed by atoms with Crippen LogP contribution in [-0.4, -0.2) is 156 Å². The molecule has 2 aliphatic rings. The summed E-state index contributed by atoms with van der Waals surface area (Å²) in [6.45, 7) is 6.61. The zero-order valence-corrected chi connectivity index (χ0v) is 45.1. The number of ether oxygens (including phenoxy) is 3. The van der Waals surface area contributed by atoms with Crippen LogP contribution in [0.5, 0.6) is 5.75 Å². The molecule has 0 spiro atoms. The van der Waals surface area contributed by atoms with Crippen LogP contribution in [0.2, 0.25) is 0 Å². The summed E-state index contributed by atoms with van der Waals surface area (Å²) in [6.07, 6.45) is 1.31. The highest BCUT2D eigenvalue weighted by Crippen LogP contribution is 2.39. The van der Waals surface area contributed by atoms with Crippen LogP contribution in [0.3, 0.4) is 0 Å². The number of hydrogen-bond donors (Lipinski definition) is 7. The fraction of sp³-hybridized carbons (Fsp3) is 0.389. The Morgan fingerprint density at radius 2 is 1.74 bits per heavy atom. The largest absolute Gasteiger partial charge is 0.495 e. The van der Waals surface area contributed by atoms with E-state index in [0.29, 0.717) is 41.1 Å². The molecular formula is C54H63FN12O10S. The number of methoxy groups -OCH3 is 1. The third kappa shape index (κ3) is 13.0. The fourth-order valence-corrected chi connectivity index (χ4v) is 9.99. The summed E-state index contributed by atoms with van der Waals surface area (Å²) in [5.41, 5.74) is 6.13. The van der Waals surface area contributed by atoms with Gasteiger partial charge in [-0.15, -0.1) is 11.3 Å². The number of halogens is 1. The number of benzene rings is 3. The van der Waals surface area contributed by atoms with Gasteiger partial charge in [0, 0.05) is 52.0 Å². The molecule has 7 N–H and O–H groups in total. The van der Waals surface area contributed by atoms with Gasteiger partial charge in [0.05, 0.1) is 71.4 Å². The summed E-state index contributed by atoms with van der Waals surface area (Å²) in [5, 5.41) is 25.5. The molecule has 1 fully saturated rings. The van der Waals surface area contributed by atoms with E-state index in [2.05, 4.69) is 46.5 Å². The van der Waals surface area contributed by atoms with E-state index in [4.69, 9.17) is 14.2 Å². The molecule has 24 heteroatoms. The van der Waals surface area contributed by atoms with Crippen LogP contribution in [0.1, 0.15) is 54.4 Å². The summed E-state index contributed by atoms with van der Waals surface area (Å²) in [7, 11) is 4.40. The molecule has 0 bridgehead atoms. The van der Waals surface area contributed by atoms with Gasteiger partial charge in [-0.05, 0) is 65.8 Å². The van der Waals surface area contributed by atoms with Gasteiger partial charge in [0.25, 0.3) is 5.91 Å². The molecule has 0 unspecified atom stereocenters. The van der Waals surface area contributed by atoms with Crippen molar-refractivity contribution in [3.8, 4) is 16.2 Å². The van der Waals surface area contributed by atoms with E-state index in [-0.39, 0.29) is 74.8 Å². The second kappa shape index (κ2) is 24.5. The van der Waals surface area contributed by atoms with Gasteiger partial charge in [-0.1, -0.05) is 51.1 Å². The van der Waals surface area contributed by atoms with Crippen LogP contribution in [0, 0.1) is 18.2 Å². The number of aliphatic hydroxyl groups excluding tert-OH is 1. The fourth-order valence-electron chi connectivity index (χ4n) is 9.18. The van der Waals surface area contributed by atoms with Gasteiger partial charge in [-0.2, -0.15) is 9.97 Å². The van der Waals surface area contributed by atoms with Crippen molar-refractivity contribution >= 4 is 86.6 Å². The maximum absolute atomic E-state index is 14.8. The Labute approximate surface area is 453 Å².